The number of hydrogen-bond donors (Lipinski definition) is 3. The van der Waals surface area contributed by atoms with Gasteiger partial charge in [0.05, 0.1) is 18.3 Å². The lowest BCUT2D eigenvalue weighted by Gasteiger charge is -2.64. The lowest BCUT2D eigenvalue weighted by atomic mass is 9.43. The Morgan fingerprint density at radius 3 is 2.75 bits per heavy atom. The predicted octanol–water partition coefficient (Wildman–Crippen LogP) is 4.07. The quantitative estimate of drug-likeness (QED) is 0.310. The minimum atomic E-state index is -0.621. The minimum Gasteiger partial charge on any atom is -0.458 e. The van der Waals surface area contributed by atoms with Gasteiger partial charge in [-0.05, 0) is 105 Å². The monoisotopic (exact) mass is 521 g/mol. The smallest absolute Gasteiger partial charge is 0.331 e. The molecule has 0 saturated heterocycles. The van der Waals surface area contributed by atoms with Crippen molar-refractivity contribution >= 4 is 17.7 Å². The third-order valence-corrected chi connectivity index (χ3v) is 12.7. The molecule has 1 aliphatic heterocycles. The summed E-state index contributed by atoms with van der Waals surface area (Å²) in [6.07, 6.45) is 12.5. The van der Waals surface area contributed by atoms with Crippen molar-refractivity contribution in [3.63, 3.8) is 0 Å². The molecule has 5 aliphatic rings. The number of carbonyl (C=O) groups is 1. The van der Waals surface area contributed by atoms with Crippen LogP contribution < -0.4 is 5.73 Å². The van der Waals surface area contributed by atoms with E-state index in [0.29, 0.717) is 37.1 Å². The highest BCUT2D eigenvalue weighted by Gasteiger charge is 2.67. The average molecular weight is 522 g/mol. The first-order valence-corrected chi connectivity index (χ1v) is 15.4. The minimum absolute atomic E-state index is 0.146. The van der Waals surface area contributed by atoms with Gasteiger partial charge in [0.2, 0.25) is 0 Å². The summed E-state index contributed by atoms with van der Waals surface area (Å²) < 4.78 is 10.8. The van der Waals surface area contributed by atoms with Crippen LogP contribution in [0.5, 0.6) is 0 Å². The average Bonchev–Trinajstić information content (AvgIpc) is 3.40. The molecule has 4 fully saturated rings. The molecule has 0 radical (unpaired) electrons. The molecule has 0 bridgehead atoms. The zero-order valence-corrected chi connectivity index (χ0v) is 23.1. The number of carbonyl (C=O) groups excluding carboxylic acids is 1. The highest BCUT2D eigenvalue weighted by molar-refractivity contribution is 7.99. The molecule has 6 nitrogen and oxygen atoms in total. The molecule has 0 spiro atoms. The van der Waals surface area contributed by atoms with Crippen LogP contribution in [0.4, 0.5) is 0 Å². The molecule has 0 aromatic heterocycles. The van der Waals surface area contributed by atoms with Crippen molar-refractivity contribution < 1.29 is 24.5 Å². The lowest BCUT2D eigenvalue weighted by Crippen LogP contribution is -2.62. The SMILES string of the molecule is C[C@]12CC[C@H](SCCCOCC(O)CN)C[C@H]1CC[C@@H]1[C@@H]2CC[C@]2(C)[C@@H](C3=CC(=O)OC3)CC[C@]12O. The third-order valence-electron chi connectivity index (χ3n) is 11.3. The first-order chi connectivity index (χ1) is 17.2. The van der Waals surface area contributed by atoms with Crippen LogP contribution in [-0.4, -0.2) is 65.3 Å². The topological polar surface area (TPSA) is 102 Å². The summed E-state index contributed by atoms with van der Waals surface area (Å²) in [6.45, 7) is 6.57. The van der Waals surface area contributed by atoms with Crippen LogP contribution in [0.15, 0.2) is 11.6 Å². The molecule has 204 valence electrons. The summed E-state index contributed by atoms with van der Waals surface area (Å²) >= 11 is 2.11. The van der Waals surface area contributed by atoms with E-state index in [4.69, 9.17) is 15.2 Å². The molecule has 4 N–H and O–H groups in total. The van der Waals surface area contributed by atoms with E-state index < -0.39 is 11.7 Å². The van der Waals surface area contributed by atoms with Gasteiger partial charge in [-0.2, -0.15) is 11.8 Å². The fourth-order valence-electron chi connectivity index (χ4n) is 9.22. The summed E-state index contributed by atoms with van der Waals surface area (Å²) in [6, 6.07) is 0. The molecule has 36 heavy (non-hydrogen) atoms. The van der Waals surface area contributed by atoms with E-state index in [1.54, 1.807) is 6.08 Å². The number of nitrogens with two attached hydrogens (primary N) is 1. The third kappa shape index (κ3) is 4.59. The van der Waals surface area contributed by atoms with Crippen LogP contribution in [0.3, 0.4) is 0 Å². The Morgan fingerprint density at radius 1 is 1.17 bits per heavy atom. The van der Waals surface area contributed by atoms with E-state index >= 15 is 0 Å². The maximum atomic E-state index is 12.4. The summed E-state index contributed by atoms with van der Waals surface area (Å²) in [5.74, 6) is 2.92. The summed E-state index contributed by atoms with van der Waals surface area (Å²) in [4.78, 5) is 11.8. The zero-order valence-electron chi connectivity index (χ0n) is 22.3. The number of ether oxygens (including phenoxy) is 2. The number of aliphatic hydroxyl groups excluding tert-OH is 1. The normalized spacial score (nSPS) is 44.9. The summed E-state index contributed by atoms with van der Waals surface area (Å²) in [5.41, 5.74) is 6.11. The number of aliphatic hydroxyl groups is 2. The number of hydrogen-bond acceptors (Lipinski definition) is 7. The number of esters is 1. The fourth-order valence-corrected chi connectivity index (χ4v) is 10.5. The van der Waals surface area contributed by atoms with Gasteiger partial charge < -0.3 is 25.4 Å². The second-order valence-corrected chi connectivity index (χ2v) is 14.3. The Balaban J connectivity index is 1.18. The van der Waals surface area contributed by atoms with Crippen molar-refractivity contribution in [2.45, 2.75) is 95.0 Å². The molecule has 0 aromatic carbocycles. The predicted molar refractivity (Wildman–Crippen MR) is 142 cm³/mol. The first-order valence-electron chi connectivity index (χ1n) is 14.4. The van der Waals surface area contributed by atoms with Gasteiger partial charge in [0, 0.05) is 29.9 Å². The summed E-state index contributed by atoms with van der Waals surface area (Å²) in [7, 11) is 0. The van der Waals surface area contributed by atoms with Crippen LogP contribution in [0.1, 0.15) is 78.1 Å². The van der Waals surface area contributed by atoms with Crippen LogP contribution in [0, 0.1) is 34.5 Å². The first kappa shape index (κ1) is 27.0. The molecule has 1 unspecified atom stereocenters. The van der Waals surface area contributed by atoms with E-state index in [9.17, 15) is 15.0 Å². The van der Waals surface area contributed by atoms with Gasteiger partial charge in [-0.1, -0.05) is 13.8 Å². The highest BCUT2D eigenvalue weighted by Crippen LogP contribution is 2.70. The van der Waals surface area contributed by atoms with Crippen molar-refractivity contribution in [2.75, 3.05) is 32.1 Å². The molecule has 9 atom stereocenters. The van der Waals surface area contributed by atoms with Crippen LogP contribution in [0.25, 0.3) is 0 Å². The number of rotatable bonds is 9. The molecule has 4 aliphatic carbocycles. The van der Waals surface area contributed by atoms with E-state index in [-0.39, 0.29) is 23.8 Å². The van der Waals surface area contributed by atoms with Crippen molar-refractivity contribution in [1.29, 1.82) is 0 Å². The zero-order chi connectivity index (χ0) is 25.6. The van der Waals surface area contributed by atoms with E-state index in [0.717, 1.165) is 54.6 Å². The fraction of sp³-hybridized carbons (Fsp3) is 0.897. The van der Waals surface area contributed by atoms with Gasteiger partial charge in [-0.3, -0.25) is 0 Å². The van der Waals surface area contributed by atoms with Gasteiger partial charge in [0.15, 0.2) is 0 Å². The van der Waals surface area contributed by atoms with Gasteiger partial charge in [0.1, 0.15) is 6.61 Å². The Morgan fingerprint density at radius 2 is 2.00 bits per heavy atom. The second-order valence-electron chi connectivity index (χ2n) is 12.9. The molecule has 1 heterocycles. The second kappa shape index (κ2) is 10.5. The molecule has 4 saturated carbocycles. The molecule has 0 amide bonds. The van der Waals surface area contributed by atoms with Crippen LogP contribution in [0.2, 0.25) is 0 Å². The van der Waals surface area contributed by atoms with Crippen molar-refractivity contribution in [2.24, 2.45) is 40.2 Å². The van der Waals surface area contributed by atoms with Gasteiger partial charge >= 0.3 is 5.97 Å². The van der Waals surface area contributed by atoms with E-state index in [1.165, 1.54) is 32.1 Å². The Labute approximate surface area is 221 Å². The van der Waals surface area contributed by atoms with Crippen molar-refractivity contribution in [3.8, 4) is 0 Å². The number of cyclic esters (lactones) is 1. The van der Waals surface area contributed by atoms with E-state index in [1.807, 2.05) is 0 Å². The van der Waals surface area contributed by atoms with Gasteiger partial charge in [0.25, 0.3) is 0 Å². The summed E-state index contributed by atoms with van der Waals surface area (Å²) in [5, 5.41) is 22.6. The molecule has 0 aromatic rings. The molecule has 5 rings (SSSR count). The highest BCUT2D eigenvalue weighted by atomic mass is 32.2. The maximum absolute atomic E-state index is 12.4. The molecule has 7 heteroatoms. The van der Waals surface area contributed by atoms with E-state index in [2.05, 4.69) is 25.6 Å². The van der Waals surface area contributed by atoms with Gasteiger partial charge in [-0.15, -0.1) is 0 Å². The molecular formula is C29H47NO5S. The number of fused-ring (bicyclic) bond motifs is 5. The number of thioether (sulfide) groups is 1. The van der Waals surface area contributed by atoms with Crippen LogP contribution in [-0.2, 0) is 14.3 Å². The standard InChI is InChI=1S/C29H47NO5S/c1-27-9-6-22(36-13-3-12-34-18-21(31)16-30)15-20(27)4-5-25-24(27)7-10-28(2)23(8-11-29(25,28)33)19-14-26(32)35-17-19/h14,20-25,31,33H,3-13,15-18,30H2,1-2H3/t20-,21?,22+,23-,24+,25-,27+,28-,29+/m1/s1. The molecular weight excluding hydrogens is 474 g/mol. The van der Waals surface area contributed by atoms with Crippen molar-refractivity contribution in [3.05, 3.63) is 11.6 Å². The van der Waals surface area contributed by atoms with Gasteiger partial charge in [-0.25, -0.2) is 4.79 Å². The lowest BCUT2D eigenvalue weighted by molar-refractivity contribution is -0.203. The largest absolute Gasteiger partial charge is 0.458 e. The maximum Gasteiger partial charge on any atom is 0.331 e. The Hall–Kier alpha value is -0.600. The Kier molecular flexibility index (Phi) is 7.89. The van der Waals surface area contributed by atoms with Crippen molar-refractivity contribution in [1.82, 2.24) is 0 Å². The van der Waals surface area contributed by atoms with Crippen LogP contribution >= 0.6 is 11.8 Å². The Bertz CT molecular complexity index is 852.